The molecule has 4 nitrogen and oxygen atoms in total. The molecule has 0 aliphatic carbocycles. The van der Waals surface area contributed by atoms with Gasteiger partial charge in [-0.05, 0) is 30.0 Å². The monoisotopic (exact) mass is 230 g/mol. The summed E-state index contributed by atoms with van der Waals surface area (Å²) in [5.74, 6) is -0.225. The highest BCUT2D eigenvalue weighted by Crippen LogP contribution is 2.26. The van der Waals surface area contributed by atoms with Gasteiger partial charge in [-0.15, -0.1) is 0 Å². The summed E-state index contributed by atoms with van der Waals surface area (Å²) in [7, 11) is 1.40. The number of nitrogens with zero attached hydrogens (tertiary/aromatic N) is 1. The molecule has 0 bridgehead atoms. The summed E-state index contributed by atoms with van der Waals surface area (Å²) < 4.78 is 4.72. The van der Waals surface area contributed by atoms with Crippen LogP contribution in [-0.2, 0) is 22.4 Å². The SMILES string of the molecule is COC(=O)C1CCc2cc(CC#N)ccc2N1. The third-order valence-electron chi connectivity index (χ3n) is 2.97. The van der Waals surface area contributed by atoms with Crippen molar-refractivity contribution in [3.63, 3.8) is 0 Å². The summed E-state index contributed by atoms with van der Waals surface area (Å²) in [6.07, 6.45) is 1.99. The number of hydrogen-bond donors (Lipinski definition) is 1. The molecule has 1 aliphatic heterocycles. The fraction of sp³-hybridized carbons (Fsp3) is 0.385. The number of nitriles is 1. The Morgan fingerprint density at radius 2 is 2.47 bits per heavy atom. The Balaban J connectivity index is 2.17. The molecule has 1 N–H and O–H groups in total. The van der Waals surface area contributed by atoms with Gasteiger partial charge in [0.25, 0.3) is 0 Å². The number of ether oxygens (including phenoxy) is 1. The molecule has 1 heterocycles. The number of carbonyl (C=O) groups excluding carboxylic acids is 1. The molecule has 1 aromatic carbocycles. The van der Waals surface area contributed by atoms with E-state index in [1.165, 1.54) is 7.11 Å². The minimum atomic E-state index is -0.255. The standard InChI is InChI=1S/C13H14N2O2/c1-17-13(16)12-5-3-10-8-9(6-7-14)2-4-11(10)15-12/h2,4,8,12,15H,3,5-6H2,1H3. The minimum Gasteiger partial charge on any atom is -0.467 e. The van der Waals surface area contributed by atoms with Crippen molar-refractivity contribution in [2.45, 2.75) is 25.3 Å². The lowest BCUT2D eigenvalue weighted by Gasteiger charge is -2.25. The number of fused-ring (bicyclic) bond motifs is 1. The Bertz CT molecular complexity index is 477. The average Bonchev–Trinajstić information content (AvgIpc) is 2.37. The molecule has 0 saturated heterocycles. The summed E-state index contributed by atoms with van der Waals surface area (Å²) in [6, 6.07) is 7.74. The van der Waals surface area contributed by atoms with E-state index in [4.69, 9.17) is 10.00 Å². The van der Waals surface area contributed by atoms with E-state index in [1.807, 2.05) is 18.2 Å². The van der Waals surface area contributed by atoms with Crippen LogP contribution in [0.2, 0.25) is 0 Å². The van der Waals surface area contributed by atoms with Crippen LogP contribution in [0.5, 0.6) is 0 Å². The van der Waals surface area contributed by atoms with Gasteiger partial charge in [0.2, 0.25) is 0 Å². The molecular weight excluding hydrogens is 216 g/mol. The summed E-state index contributed by atoms with van der Waals surface area (Å²) in [4.78, 5) is 11.4. The predicted molar refractivity (Wildman–Crippen MR) is 63.5 cm³/mol. The van der Waals surface area contributed by atoms with Gasteiger partial charge in [0, 0.05) is 5.69 Å². The van der Waals surface area contributed by atoms with Gasteiger partial charge in [-0.25, -0.2) is 4.79 Å². The molecule has 1 aliphatic rings. The van der Waals surface area contributed by atoms with Crippen LogP contribution in [-0.4, -0.2) is 19.1 Å². The van der Waals surface area contributed by atoms with Gasteiger partial charge in [-0.1, -0.05) is 12.1 Å². The van der Waals surface area contributed by atoms with E-state index in [-0.39, 0.29) is 12.0 Å². The van der Waals surface area contributed by atoms with E-state index in [2.05, 4.69) is 11.4 Å². The number of aryl methyl sites for hydroxylation is 1. The van der Waals surface area contributed by atoms with Crippen LogP contribution in [0.4, 0.5) is 5.69 Å². The number of esters is 1. The highest BCUT2D eigenvalue weighted by atomic mass is 16.5. The minimum absolute atomic E-state index is 0.225. The Labute approximate surface area is 100 Å². The van der Waals surface area contributed by atoms with Crippen LogP contribution in [0.1, 0.15) is 17.5 Å². The lowest BCUT2D eigenvalue weighted by molar-refractivity contribution is -0.141. The zero-order chi connectivity index (χ0) is 12.3. The van der Waals surface area contributed by atoms with Crippen molar-refractivity contribution in [1.82, 2.24) is 0 Å². The molecule has 0 aromatic heterocycles. The van der Waals surface area contributed by atoms with Crippen LogP contribution >= 0.6 is 0 Å². The molecule has 0 radical (unpaired) electrons. The number of anilines is 1. The zero-order valence-electron chi connectivity index (χ0n) is 9.69. The molecule has 0 amide bonds. The second-order valence-corrected chi connectivity index (χ2v) is 4.09. The van der Waals surface area contributed by atoms with Crippen LogP contribution in [0.3, 0.4) is 0 Å². The third-order valence-corrected chi connectivity index (χ3v) is 2.97. The summed E-state index contributed by atoms with van der Waals surface area (Å²) in [6.45, 7) is 0. The zero-order valence-corrected chi connectivity index (χ0v) is 9.69. The van der Waals surface area contributed by atoms with Crippen molar-refractivity contribution < 1.29 is 9.53 Å². The Kier molecular flexibility index (Phi) is 3.29. The molecule has 1 aromatic rings. The summed E-state index contributed by atoms with van der Waals surface area (Å²) in [5, 5.41) is 11.8. The van der Waals surface area contributed by atoms with Crippen LogP contribution in [0.25, 0.3) is 0 Å². The van der Waals surface area contributed by atoms with Gasteiger partial charge in [0.15, 0.2) is 0 Å². The van der Waals surface area contributed by atoms with Gasteiger partial charge in [0.05, 0.1) is 19.6 Å². The Morgan fingerprint density at radius 3 is 3.18 bits per heavy atom. The molecule has 1 unspecified atom stereocenters. The van der Waals surface area contributed by atoms with Crippen molar-refractivity contribution in [2.24, 2.45) is 0 Å². The number of benzene rings is 1. The number of carbonyl (C=O) groups is 1. The van der Waals surface area contributed by atoms with Gasteiger partial charge >= 0.3 is 5.97 Å². The van der Waals surface area contributed by atoms with Crippen LogP contribution < -0.4 is 5.32 Å². The number of rotatable bonds is 2. The largest absolute Gasteiger partial charge is 0.467 e. The highest BCUT2D eigenvalue weighted by molar-refractivity contribution is 5.80. The van der Waals surface area contributed by atoms with Crippen molar-refractivity contribution in [2.75, 3.05) is 12.4 Å². The van der Waals surface area contributed by atoms with Crippen molar-refractivity contribution >= 4 is 11.7 Å². The molecule has 2 rings (SSSR count). The fourth-order valence-electron chi connectivity index (χ4n) is 2.07. The summed E-state index contributed by atoms with van der Waals surface area (Å²) >= 11 is 0. The molecule has 0 spiro atoms. The molecule has 1 atom stereocenters. The second-order valence-electron chi connectivity index (χ2n) is 4.09. The van der Waals surface area contributed by atoms with Crippen molar-refractivity contribution in [1.29, 1.82) is 5.26 Å². The van der Waals surface area contributed by atoms with Crippen molar-refractivity contribution in [3.8, 4) is 6.07 Å². The summed E-state index contributed by atoms with van der Waals surface area (Å²) in [5.41, 5.74) is 3.15. The first kappa shape index (κ1) is 11.5. The molecule has 0 fully saturated rings. The van der Waals surface area contributed by atoms with E-state index in [0.29, 0.717) is 6.42 Å². The molecule has 17 heavy (non-hydrogen) atoms. The highest BCUT2D eigenvalue weighted by Gasteiger charge is 2.24. The second kappa shape index (κ2) is 4.88. The number of hydrogen-bond acceptors (Lipinski definition) is 4. The maximum atomic E-state index is 11.4. The predicted octanol–water partition coefficient (Wildman–Crippen LogP) is 1.65. The van der Waals surface area contributed by atoms with Crippen LogP contribution in [0.15, 0.2) is 18.2 Å². The number of nitrogens with one attached hydrogen (secondary N) is 1. The Hall–Kier alpha value is -2.02. The maximum Gasteiger partial charge on any atom is 0.328 e. The van der Waals surface area contributed by atoms with E-state index in [0.717, 1.165) is 29.7 Å². The van der Waals surface area contributed by atoms with Gasteiger partial charge in [0.1, 0.15) is 6.04 Å². The smallest absolute Gasteiger partial charge is 0.328 e. The molecule has 0 saturated carbocycles. The fourth-order valence-corrected chi connectivity index (χ4v) is 2.07. The van der Waals surface area contributed by atoms with E-state index < -0.39 is 0 Å². The third kappa shape index (κ3) is 2.39. The normalized spacial score (nSPS) is 17.5. The quantitative estimate of drug-likeness (QED) is 0.785. The topological polar surface area (TPSA) is 62.1 Å². The first-order valence-electron chi connectivity index (χ1n) is 5.57. The van der Waals surface area contributed by atoms with E-state index in [9.17, 15) is 4.79 Å². The molecule has 88 valence electrons. The Morgan fingerprint density at radius 1 is 1.65 bits per heavy atom. The van der Waals surface area contributed by atoms with Gasteiger partial charge in [-0.3, -0.25) is 0 Å². The van der Waals surface area contributed by atoms with E-state index >= 15 is 0 Å². The lowest BCUT2D eigenvalue weighted by Crippen LogP contribution is -2.34. The lowest BCUT2D eigenvalue weighted by atomic mass is 9.96. The number of methoxy groups -OCH3 is 1. The first-order valence-corrected chi connectivity index (χ1v) is 5.57. The van der Waals surface area contributed by atoms with Gasteiger partial charge < -0.3 is 10.1 Å². The molecular formula is C13H14N2O2. The van der Waals surface area contributed by atoms with Crippen molar-refractivity contribution in [3.05, 3.63) is 29.3 Å². The maximum absolute atomic E-state index is 11.4. The van der Waals surface area contributed by atoms with Gasteiger partial charge in [-0.2, -0.15) is 5.26 Å². The molecule has 4 heteroatoms. The van der Waals surface area contributed by atoms with Crippen LogP contribution in [0, 0.1) is 11.3 Å². The van der Waals surface area contributed by atoms with E-state index in [1.54, 1.807) is 0 Å². The first-order chi connectivity index (χ1) is 8.24. The average molecular weight is 230 g/mol.